The van der Waals surface area contributed by atoms with Crippen LogP contribution in [0.15, 0.2) is 53.4 Å². The largest absolute Gasteiger partial charge is 0.445 e. The summed E-state index contributed by atoms with van der Waals surface area (Å²) < 4.78 is 32.1. The number of amides is 1. The predicted octanol–water partition coefficient (Wildman–Crippen LogP) is 2.26. The van der Waals surface area contributed by atoms with E-state index in [1.54, 1.807) is 43.3 Å². The molecule has 1 atom stereocenters. The third-order valence-corrected chi connectivity index (χ3v) is 7.56. The van der Waals surface area contributed by atoms with Crippen LogP contribution in [0.1, 0.15) is 41.3 Å². The van der Waals surface area contributed by atoms with E-state index in [2.05, 4.69) is 5.32 Å². The molecule has 1 N–H and O–H groups in total. The third kappa shape index (κ3) is 3.85. The standard InChI is InChI=1S/C22H24N2O5S/c1-22(14-17-6-2-3-7-19(17)20(25)29-22)21(26)23-15-16-8-10-18(11-9-16)30(27,28)24-12-4-5-13-24/h2-3,6-11H,4-5,12-15H2,1H3,(H,23,26). The number of nitrogens with one attached hydrogen (secondary N) is 1. The number of carbonyl (C=O) groups excluding carboxylic acids is 2. The highest BCUT2D eigenvalue weighted by Crippen LogP contribution is 2.28. The van der Waals surface area contributed by atoms with Gasteiger partial charge in [-0.25, -0.2) is 13.2 Å². The summed E-state index contributed by atoms with van der Waals surface area (Å²) in [5.74, 6) is -0.898. The van der Waals surface area contributed by atoms with Crippen molar-refractivity contribution in [3.63, 3.8) is 0 Å². The first-order valence-electron chi connectivity index (χ1n) is 9.98. The highest BCUT2D eigenvalue weighted by atomic mass is 32.2. The van der Waals surface area contributed by atoms with Crippen molar-refractivity contribution in [2.75, 3.05) is 13.1 Å². The van der Waals surface area contributed by atoms with Gasteiger partial charge in [-0.3, -0.25) is 4.79 Å². The maximum atomic E-state index is 12.8. The molecule has 2 aliphatic heterocycles. The Morgan fingerprint density at radius 2 is 1.77 bits per heavy atom. The predicted molar refractivity (Wildman–Crippen MR) is 110 cm³/mol. The molecule has 1 saturated heterocycles. The van der Waals surface area contributed by atoms with Gasteiger partial charge in [0.25, 0.3) is 5.91 Å². The van der Waals surface area contributed by atoms with E-state index in [4.69, 9.17) is 4.74 Å². The molecule has 0 aliphatic carbocycles. The lowest BCUT2D eigenvalue weighted by Gasteiger charge is -2.33. The second-order valence-corrected chi connectivity index (χ2v) is 9.83. The van der Waals surface area contributed by atoms with Crippen LogP contribution in [-0.4, -0.2) is 43.3 Å². The van der Waals surface area contributed by atoms with Crippen LogP contribution in [0, 0.1) is 0 Å². The second kappa shape index (κ2) is 7.85. The SMILES string of the molecule is CC1(C(=O)NCc2ccc(S(=O)(=O)N3CCCC3)cc2)Cc2ccccc2C(=O)O1. The van der Waals surface area contributed by atoms with Crippen LogP contribution < -0.4 is 5.32 Å². The van der Waals surface area contributed by atoms with Gasteiger partial charge in [0.1, 0.15) is 0 Å². The van der Waals surface area contributed by atoms with Gasteiger partial charge in [0, 0.05) is 26.1 Å². The minimum atomic E-state index is -3.46. The van der Waals surface area contributed by atoms with Crippen molar-refractivity contribution in [2.24, 2.45) is 0 Å². The van der Waals surface area contributed by atoms with E-state index in [1.165, 1.54) is 4.31 Å². The molecule has 4 rings (SSSR count). The number of carbonyl (C=O) groups is 2. The zero-order chi connectivity index (χ0) is 21.4. The highest BCUT2D eigenvalue weighted by Gasteiger charge is 2.42. The van der Waals surface area contributed by atoms with E-state index >= 15 is 0 Å². The molecular formula is C22H24N2O5S. The van der Waals surface area contributed by atoms with Crippen LogP contribution >= 0.6 is 0 Å². The maximum absolute atomic E-state index is 12.8. The molecule has 7 nitrogen and oxygen atoms in total. The Morgan fingerprint density at radius 1 is 1.10 bits per heavy atom. The van der Waals surface area contributed by atoms with Gasteiger partial charge in [-0.05, 0) is 49.1 Å². The molecule has 2 heterocycles. The van der Waals surface area contributed by atoms with E-state index in [1.807, 2.05) is 12.1 Å². The normalized spacial score (nSPS) is 21.7. The monoisotopic (exact) mass is 428 g/mol. The highest BCUT2D eigenvalue weighted by molar-refractivity contribution is 7.89. The van der Waals surface area contributed by atoms with Crippen LogP contribution in [0.2, 0.25) is 0 Å². The minimum Gasteiger partial charge on any atom is -0.445 e. The van der Waals surface area contributed by atoms with Crippen LogP contribution in [0.4, 0.5) is 0 Å². The van der Waals surface area contributed by atoms with Gasteiger partial charge in [0.15, 0.2) is 5.60 Å². The number of hydrogen-bond donors (Lipinski definition) is 1. The molecule has 30 heavy (non-hydrogen) atoms. The molecule has 0 saturated carbocycles. The van der Waals surface area contributed by atoms with Crippen LogP contribution in [0.5, 0.6) is 0 Å². The van der Waals surface area contributed by atoms with E-state index < -0.39 is 21.6 Å². The number of benzene rings is 2. The molecule has 2 aromatic carbocycles. The number of sulfonamides is 1. The number of fused-ring (bicyclic) bond motifs is 1. The quantitative estimate of drug-likeness (QED) is 0.738. The molecular weight excluding hydrogens is 404 g/mol. The number of cyclic esters (lactones) is 1. The molecule has 2 aromatic rings. The zero-order valence-corrected chi connectivity index (χ0v) is 17.6. The minimum absolute atomic E-state index is 0.206. The fourth-order valence-corrected chi connectivity index (χ4v) is 5.40. The Kier molecular flexibility index (Phi) is 5.38. The third-order valence-electron chi connectivity index (χ3n) is 5.64. The van der Waals surface area contributed by atoms with Crippen molar-refractivity contribution in [1.82, 2.24) is 9.62 Å². The average molecular weight is 429 g/mol. The summed E-state index contributed by atoms with van der Waals surface area (Å²) in [6.45, 7) is 2.92. The summed E-state index contributed by atoms with van der Waals surface area (Å²) >= 11 is 0. The summed E-state index contributed by atoms with van der Waals surface area (Å²) in [4.78, 5) is 25.3. The molecule has 8 heteroatoms. The van der Waals surface area contributed by atoms with Crippen molar-refractivity contribution in [1.29, 1.82) is 0 Å². The van der Waals surface area contributed by atoms with Gasteiger partial charge >= 0.3 is 5.97 Å². The Morgan fingerprint density at radius 3 is 2.47 bits per heavy atom. The van der Waals surface area contributed by atoms with Crippen molar-refractivity contribution >= 4 is 21.9 Å². The maximum Gasteiger partial charge on any atom is 0.339 e. The molecule has 0 bridgehead atoms. The molecule has 1 unspecified atom stereocenters. The second-order valence-electron chi connectivity index (χ2n) is 7.89. The summed E-state index contributed by atoms with van der Waals surface area (Å²) in [6, 6.07) is 13.6. The number of rotatable bonds is 5. The Labute approximate surface area is 176 Å². The molecule has 0 spiro atoms. The van der Waals surface area contributed by atoms with Crippen molar-refractivity contribution in [3.8, 4) is 0 Å². The van der Waals surface area contributed by atoms with Crippen LogP contribution in [-0.2, 0) is 32.5 Å². The summed E-state index contributed by atoms with van der Waals surface area (Å²) in [5.41, 5.74) is 0.736. The Bertz CT molecular complexity index is 1070. The van der Waals surface area contributed by atoms with E-state index in [0.717, 1.165) is 24.0 Å². The van der Waals surface area contributed by atoms with Gasteiger partial charge in [-0.1, -0.05) is 30.3 Å². The van der Waals surface area contributed by atoms with E-state index in [9.17, 15) is 18.0 Å². The smallest absolute Gasteiger partial charge is 0.339 e. The number of hydrogen-bond acceptors (Lipinski definition) is 5. The van der Waals surface area contributed by atoms with Crippen molar-refractivity contribution < 1.29 is 22.7 Å². The fourth-order valence-electron chi connectivity index (χ4n) is 3.89. The first kappa shape index (κ1) is 20.6. The molecule has 1 fully saturated rings. The van der Waals surface area contributed by atoms with Gasteiger partial charge in [0.05, 0.1) is 10.5 Å². The number of ether oxygens (including phenoxy) is 1. The van der Waals surface area contributed by atoms with Crippen LogP contribution in [0.3, 0.4) is 0 Å². The lowest BCUT2D eigenvalue weighted by atomic mass is 9.89. The van der Waals surface area contributed by atoms with Gasteiger partial charge in [-0.2, -0.15) is 4.31 Å². The Hall–Kier alpha value is -2.71. The molecule has 0 aromatic heterocycles. The van der Waals surface area contributed by atoms with E-state index in [0.29, 0.717) is 25.1 Å². The van der Waals surface area contributed by atoms with Gasteiger partial charge < -0.3 is 10.1 Å². The van der Waals surface area contributed by atoms with Crippen LogP contribution in [0.25, 0.3) is 0 Å². The summed E-state index contributed by atoms with van der Waals surface area (Å²) in [5, 5.41) is 2.80. The molecule has 158 valence electrons. The fraction of sp³-hybridized carbons (Fsp3) is 0.364. The van der Waals surface area contributed by atoms with Crippen molar-refractivity contribution in [2.45, 2.75) is 43.2 Å². The average Bonchev–Trinajstić information content (AvgIpc) is 3.28. The van der Waals surface area contributed by atoms with Crippen molar-refractivity contribution in [3.05, 3.63) is 65.2 Å². The summed E-state index contributed by atoms with van der Waals surface area (Å²) in [6.07, 6.45) is 2.07. The topological polar surface area (TPSA) is 92.8 Å². The Balaban J connectivity index is 1.41. The summed E-state index contributed by atoms with van der Waals surface area (Å²) in [7, 11) is -3.46. The number of nitrogens with zero attached hydrogens (tertiary/aromatic N) is 1. The number of esters is 1. The first-order valence-corrected chi connectivity index (χ1v) is 11.4. The molecule has 1 amide bonds. The molecule has 0 radical (unpaired) electrons. The van der Waals surface area contributed by atoms with Gasteiger partial charge in [0.2, 0.25) is 10.0 Å². The zero-order valence-electron chi connectivity index (χ0n) is 16.8. The van der Waals surface area contributed by atoms with Gasteiger partial charge in [-0.15, -0.1) is 0 Å². The first-order chi connectivity index (χ1) is 14.3. The lowest BCUT2D eigenvalue weighted by Crippen LogP contribution is -2.51. The lowest BCUT2D eigenvalue weighted by molar-refractivity contribution is -0.139. The molecule has 2 aliphatic rings. The van der Waals surface area contributed by atoms with E-state index in [-0.39, 0.29) is 17.3 Å².